The highest BCUT2D eigenvalue weighted by Crippen LogP contribution is 2.71. The molecule has 3 aliphatic heterocycles. The molecule has 2 unspecified atom stereocenters. The summed E-state index contributed by atoms with van der Waals surface area (Å²) in [6.07, 6.45) is 5.14. The lowest BCUT2D eigenvalue weighted by Crippen LogP contribution is -2.57. The zero-order valence-electron chi connectivity index (χ0n) is 22.7. The number of hydrogen-bond donors (Lipinski definition) is 1. The number of nitrogens with zero attached hydrogens (tertiary/aromatic N) is 2. The number of rotatable bonds is 12. The Morgan fingerprint density at radius 3 is 2.55 bits per heavy atom. The van der Waals surface area contributed by atoms with Gasteiger partial charge in [0, 0.05) is 17.8 Å². The number of likely N-dealkylation sites (tertiary alicyclic amines) is 1. The van der Waals surface area contributed by atoms with Gasteiger partial charge in [-0.3, -0.25) is 14.4 Å². The van der Waals surface area contributed by atoms with Gasteiger partial charge in [-0.2, -0.15) is 0 Å². The van der Waals surface area contributed by atoms with Gasteiger partial charge in [-0.25, -0.2) is 0 Å². The fourth-order valence-corrected chi connectivity index (χ4v) is 9.14. The predicted octanol–water partition coefficient (Wildman–Crippen LogP) is 3.82. The van der Waals surface area contributed by atoms with E-state index >= 15 is 0 Å². The molecule has 3 fully saturated rings. The van der Waals surface area contributed by atoms with Crippen molar-refractivity contribution in [1.29, 1.82) is 0 Å². The third-order valence-corrected chi connectivity index (χ3v) is 10.3. The molecule has 3 saturated heterocycles. The molecule has 0 aliphatic carbocycles. The van der Waals surface area contributed by atoms with Crippen LogP contribution in [-0.2, 0) is 25.7 Å². The summed E-state index contributed by atoms with van der Waals surface area (Å²) in [5.41, 5.74) is 0.981. The molecule has 6 atom stereocenters. The average molecular weight is 541 g/mol. The second-order valence-electron chi connectivity index (χ2n) is 11.4. The molecular weight excluding hydrogens is 500 g/mol. The van der Waals surface area contributed by atoms with Gasteiger partial charge >= 0.3 is 5.97 Å². The molecular formula is C30H40N2O5S. The molecule has 1 aromatic rings. The smallest absolute Gasteiger partial charge is 0.311 e. The lowest BCUT2D eigenvalue weighted by atomic mass is 9.66. The highest BCUT2D eigenvalue weighted by atomic mass is 32.2. The van der Waals surface area contributed by atoms with Crippen molar-refractivity contribution in [3.8, 4) is 0 Å². The minimum absolute atomic E-state index is 0.0763. The first kappa shape index (κ1) is 28.4. The SMILES string of the molecule is C=CCOC(=O)[C@@H]1[C@H]2C(=O)N([C@@H](CO)CC(C)C)C(C(=O)N(CC=C)Cc3ccccc3)C23CC[C@@]1(C)S3. The van der Waals surface area contributed by atoms with Crippen molar-refractivity contribution in [3.63, 3.8) is 0 Å². The standard InChI is InChI=1S/C30H40N2O5S/c1-6-15-31(18-21-11-9-8-10-12-21)27(35)25-30-14-13-29(5,38-30)24(28(36)37-16-7-2)23(30)26(34)32(25)22(19-33)17-20(3)4/h6-12,20,22-25,33H,1-2,13-19H2,3-5H3/t22-,23+,24+,25?,29-,30?/m1/s1. The number of aliphatic hydroxyl groups is 1. The van der Waals surface area contributed by atoms with E-state index in [9.17, 15) is 19.5 Å². The normalized spacial score (nSPS) is 30.3. The molecule has 206 valence electrons. The van der Waals surface area contributed by atoms with E-state index in [1.807, 2.05) is 51.1 Å². The fourth-order valence-electron chi connectivity index (χ4n) is 6.81. The van der Waals surface area contributed by atoms with Crippen molar-refractivity contribution in [2.45, 2.75) is 68.2 Å². The molecule has 0 aromatic heterocycles. The maximum atomic E-state index is 14.5. The summed E-state index contributed by atoms with van der Waals surface area (Å²) in [5, 5.41) is 10.5. The van der Waals surface area contributed by atoms with Crippen LogP contribution in [0, 0.1) is 17.8 Å². The van der Waals surface area contributed by atoms with Crippen molar-refractivity contribution in [3.05, 3.63) is 61.2 Å². The van der Waals surface area contributed by atoms with Gasteiger partial charge in [0.05, 0.1) is 29.2 Å². The van der Waals surface area contributed by atoms with Gasteiger partial charge in [-0.05, 0) is 37.7 Å². The first-order valence-corrected chi connectivity index (χ1v) is 14.3. The second kappa shape index (κ2) is 11.3. The number of thioether (sulfide) groups is 1. The second-order valence-corrected chi connectivity index (χ2v) is 13.2. The number of aliphatic hydroxyl groups excluding tert-OH is 1. The molecule has 1 N–H and O–H groups in total. The summed E-state index contributed by atoms with van der Waals surface area (Å²) >= 11 is 1.61. The Morgan fingerprint density at radius 2 is 1.95 bits per heavy atom. The molecule has 38 heavy (non-hydrogen) atoms. The lowest BCUT2D eigenvalue weighted by molar-refractivity contribution is -0.155. The quantitative estimate of drug-likeness (QED) is 0.320. The van der Waals surface area contributed by atoms with E-state index < -0.39 is 39.4 Å². The Labute approximate surface area is 230 Å². The van der Waals surface area contributed by atoms with Crippen LogP contribution in [0.3, 0.4) is 0 Å². The maximum Gasteiger partial charge on any atom is 0.311 e. The lowest BCUT2D eigenvalue weighted by Gasteiger charge is -2.40. The van der Waals surface area contributed by atoms with Gasteiger partial charge in [0.25, 0.3) is 0 Å². The molecule has 3 heterocycles. The zero-order valence-corrected chi connectivity index (χ0v) is 23.5. The van der Waals surface area contributed by atoms with Crippen LogP contribution in [0.1, 0.15) is 45.6 Å². The van der Waals surface area contributed by atoms with Crippen LogP contribution in [0.2, 0.25) is 0 Å². The number of fused-ring (bicyclic) bond motifs is 1. The average Bonchev–Trinajstić information content (AvgIpc) is 3.46. The van der Waals surface area contributed by atoms with E-state index in [-0.39, 0.29) is 30.9 Å². The minimum atomic E-state index is -0.788. The molecule has 1 aromatic carbocycles. The molecule has 8 heteroatoms. The zero-order chi connectivity index (χ0) is 27.7. The first-order valence-electron chi connectivity index (χ1n) is 13.5. The van der Waals surface area contributed by atoms with Gasteiger partial charge in [-0.1, -0.05) is 62.9 Å². The summed E-state index contributed by atoms with van der Waals surface area (Å²) in [4.78, 5) is 45.6. The molecule has 0 radical (unpaired) electrons. The van der Waals surface area contributed by atoms with Crippen LogP contribution in [-0.4, -0.2) is 74.0 Å². The summed E-state index contributed by atoms with van der Waals surface area (Å²) in [5.74, 6) is -1.93. The fraction of sp³-hybridized carbons (Fsp3) is 0.567. The van der Waals surface area contributed by atoms with Gasteiger partial charge in [-0.15, -0.1) is 18.3 Å². The van der Waals surface area contributed by atoms with E-state index in [2.05, 4.69) is 13.2 Å². The van der Waals surface area contributed by atoms with E-state index in [4.69, 9.17) is 4.74 Å². The van der Waals surface area contributed by atoms with Crippen molar-refractivity contribution in [2.75, 3.05) is 19.8 Å². The Bertz CT molecular complexity index is 1080. The number of hydrogen-bond acceptors (Lipinski definition) is 6. The van der Waals surface area contributed by atoms with Crippen LogP contribution in [0.5, 0.6) is 0 Å². The Hall–Kier alpha value is -2.58. The third kappa shape index (κ3) is 4.81. The number of esters is 1. The topological polar surface area (TPSA) is 87.1 Å². The number of carbonyl (C=O) groups is 3. The monoisotopic (exact) mass is 540 g/mol. The maximum absolute atomic E-state index is 14.5. The van der Waals surface area contributed by atoms with E-state index in [1.54, 1.807) is 27.6 Å². The third-order valence-electron chi connectivity index (χ3n) is 8.27. The van der Waals surface area contributed by atoms with Gasteiger partial charge in [0.2, 0.25) is 11.8 Å². The van der Waals surface area contributed by atoms with Crippen molar-refractivity contribution in [2.24, 2.45) is 17.8 Å². The van der Waals surface area contributed by atoms with Crippen molar-refractivity contribution < 1.29 is 24.2 Å². The predicted molar refractivity (Wildman–Crippen MR) is 149 cm³/mol. The highest BCUT2D eigenvalue weighted by molar-refractivity contribution is 8.02. The molecule has 7 nitrogen and oxygen atoms in total. The van der Waals surface area contributed by atoms with E-state index in [0.717, 1.165) is 5.56 Å². The summed E-state index contributed by atoms with van der Waals surface area (Å²) < 4.78 is 4.23. The van der Waals surface area contributed by atoms with Crippen molar-refractivity contribution in [1.82, 2.24) is 9.80 Å². The van der Waals surface area contributed by atoms with E-state index in [1.165, 1.54) is 6.08 Å². The number of benzene rings is 1. The number of ether oxygens (including phenoxy) is 1. The van der Waals surface area contributed by atoms with Crippen LogP contribution in [0.25, 0.3) is 0 Å². The number of carbonyl (C=O) groups excluding carboxylic acids is 3. The minimum Gasteiger partial charge on any atom is -0.461 e. The Morgan fingerprint density at radius 1 is 1.24 bits per heavy atom. The van der Waals surface area contributed by atoms with E-state index in [0.29, 0.717) is 32.4 Å². The largest absolute Gasteiger partial charge is 0.461 e. The number of amides is 2. The van der Waals surface area contributed by atoms with Crippen LogP contribution in [0.4, 0.5) is 0 Å². The van der Waals surface area contributed by atoms with Gasteiger partial charge in [0.1, 0.15) is 12.6 Å². The summed E-state index contributed by atoms with van der Waals surface area (Å²) in [6, 6.07) is 8.44. The summed E-state index contributed by atoms with van der Waals surface area (Å²) in [7, 11) is 0. The summed E-state index contributed by atoms with van der Waals surface area (Å²) in [6.45, 7) is 14.1. The molecule has 0 saturated carbocycles. The Balaban J connectivity index is 1.79. The molecule has 4 rings (SSSR count). The molecule has 3 aliphatic rings. The first-order chi connectivity index (χ1) is 18.1. The molecule has 1 spiro atoms. The van der Waals surface area contributed by atoms with Gasteiger partial charge < -0.3 is 19.6 Å². The van der Waals surface area contributed by atoms with Crippen LogP contribution >= 0.6 is 11.8 Å². The Kier molecular flexibility index (Phi) is 8.43. The van der Waals surface area contributed by atoms with Crippen LogP contribution in [0.15, 0.2) is 55.6 Å². The van der Waals surface area contributed by atoms with Gasteiger partial charge in [0.15, 0.2) is 0 Å². The van der Waals surface area contributed by atoms with Crippen molar-refractivity contribution >= 4 is 29.5 Å². The molecule has 2 bridgehead atoms. The molecule has 2 amide bonds. The highest BCUT2D eigenvalue weighted by Gasteiger charge is 2.78. The van der Waals surface area contributed by atoms with Crippen LogP contribution < -0.4 is 0 Å².